The standard InChI is InChI=1S/C32H41N5O8/c1-21-8-10-25-24(18-21)37(32(42)45-25)17-12-29(39)36-15-6-5-14-35(3)31(41)22(2)34-28(38)20-44-26-11-9-23(19-27(26)43-4)30(40)33-13-7-16-36/h8-11,18-19,22H,5-7,12-17,20H2,1-4H3,(H,33,40)(H,34,38)/t22-/m0/s1. The summed E-state index contributed by atoms with van der Waals surface area (Å²) in [6.45, 7) is 4.96. The minimum atomic E-state index is -0.766. The Morgan fingerprint density at radius 1 is 1.02 bits per heavy atom. The van der Waals surface area contributed by atoms with Gasteiger partial charge in [0.15, 0.2) is 23.7 Å². The molecule has 3 heterocycles. The molecule has 1 atom stereocenters. The minimum absolute atomic E-state index is 0.0959. The van der Waals surface area contributed by atoms with Crippen molar-refractivity contribution in [1.82, 2.24) is 25.0 Å². The number of carbonyl (C=O) groups excluding carboxylic acids is 4. The highest BCUT2D eigenvalue weighted by atomic mass is 16.5. The molecule has 0 unspecified atom stereocenters. The summed E-state index contributed by atoms with van der Waals surface area (Å²) < 4.78 is 17.8. The molecule has 1 aromatic heterocycles. The van der Waals surface area contributed by atoms with E-state index < -0.39 is 17.7 Å². The van der Waals surface area contributed by atoms with E-state index in [-0.39, 0.29) is 48.8 Å². The number of hydrogen-bond donors (Lipinski definition) is 2. The molecule has 13 nitrogen and oxygen atoms in total. The van der Waals surface area contributed by atoms with Crippen LogP contribution in [0.2, 0.25) is 0 Å². The Kier molecular flexibility index (Phi) is 11.2. The molecular weight excluding hydrogens is 582 g/mol. The summed E-state index contributed by atoms with van der Waals surface area (Å²) >= 11 is 0. The monoisotopic (exact) mass is 623 g/mol. The minimum Gasteiger partial charge on any atom is -0.493 e. The van der Waals surface area contributed by atoms with Gasteiger partial charge in [-0.1, -0.05) is 6.07 Å². The van der Waals surface area contributed by atoms with Gasteiger partial charge in [-0.25, -0.2) is 4.79 Å². The average Bonchev–Trinajstić information content (AvgIpc) is 3.34. The third kappa shape index (κ3) is 8.64. The molecule has 0 radical (unpaired) electrons. The Hall–Kier alpha value is -4.81. The number of fused-ring (bicyclic) bond motifs is 19. The Balaban J connectivity index is 1.46. The number of aryl methyl sites for hydroxylation is 2. The van der Waals surface area contributed by atoms with Gasteiger partial charge in [-0.05, 0) is 69.0 Å². The van der Waals surface area contributed by atoms with Crippen molar-refractivity contribution in [1.29, 1.82) is 0 Å². The molecule has 2 N–H and O–H groups in total. The van der Waals surface area contributed by atoms with Gasteiger partial charge in [0, 0.05) is 51.8 Å². The normalized spacial score (nSPS) is 17.8. The topological polar surface area (TPSA) is 152 Å². The number of nitrogens with one attached hydrogen (secondary N) is 2. The zero-order valence-corrected chi connectivity index (χ0v) is 26.2. The van der Waals surface area contributed by atoms with Gasteiger partial charge in [0.1, 0.15) is 6.04 Å². The van der Waals surface area contributed by atoms with Crippen LogP contribution in [-0.2, 0) is 20.9 Å². The Labute approximate surface area is 261 Å². The lowest BCUT2D eigenvalue weighted by molar-refractivity contribution is -0.135. The van der Waals surface area contributed by atoms with Crippen LogP contribution >= 0.6 is 0 Å². The van der Waals surface area contributed by atoms with Crippen LogP contribution in [-0.4, -0.2) is 91.0 Å². The van der Waals surface area contributed by atoms with Crippen LogP contribution in [0.1, 0.15) is 48.5 Å². The fraction of sp³-hybridized carbons (Fsp3) is 0.469. The highest BCUT2D eigenvalue weighted by Crippen LogP contribution is 2.28. The maximum absolute atomic E-state index is 13.4. The molecular formula is C32H41N5O8. The van der Waals surface area contributed by atoms with Gasteiger partial charge in [0.25, 0.3) is 11.8 Å². The van der Waals surface area contributed by atoms with Gasteiger partial charge in [-0.15, -0.1) is 0 Å². The zero-order chi connectivity index (χ0) is 32.5. The molecule has 45 heavy (non-hydrogen) atoms. The Bertz CT molecular complexity index is 1600. The van der Waals surface area contributed by atoms with Crippen molar-refractivity contribution in [2.45, 2.75) is 52.1 Å². The molecule has 5 rings (SSSR count). The molecule has 2 aliphatic rings. The first-order chi connectivity index (χ1) is 21.6. The number of amides is 4. The Morgan fingerprint density at radius 3 is 2.56 bits per heavy atom. The number of methoxy groups -OCH3 is 1. The predicted molar refractivity (Wildman–Crippen MR) is 166 cm³/mol. The van der Waals surface area contributed by atoms with E-state index in [1.54, 1.807) is 42.0 Å². The smallest absolute Gasteiger partial charge is 0.419 e. The van der Waals surface area contributed by atoms with E-state index in [0.29, 0.717) is 62.1 Å². The van der Waals surface area contributed by atoms with E-state index in [4.69, 9.17) is 13.9 Å². The number of benzene rings is 2. The average molecular weight is 624 g/mol. The van der Waals surface area contributed by atoms with Gasteiger partial charge in [-0.3, -0.25) is 23.7 Å². The molecule has 0 saturated heterocycles. The lowest BCUT2D eigenvalue weighted by Gasteiger charge is -2.25. The van der Waals surface area contributed by atoms with Crippen molar-refractivity contribution in [3.8, 4) is 11.5 Å². The zero-order valence-electron chi connectivity index (χ0n) is 26.2. The Morgan fingerprint density at radius 2 is 1.78 bits per heavy atom. The van der Waals surface area contributed by atoms with Crippen molar-refractivity contribution >= 4 is 34.7 Å². The molecule has 2 aliphatic heterocycles. The fourth-order valence-electron chi connectivity index (χ4n) is 5.19. The highest BCUT2D eigenvalue weighted by molar-refractivity contribution is 5.95. The molecule has 3 aromatic rings. The molecule has 2 aromatic carbocycles. The number of hydrogen-bond acceptors (Lipinski definition) is 8. The maximum atomic E-state index is 13.4. The number of likely N-dealkylation sites (N-methyl/N-ethyl adjacent to an activating group) is 1. The third-order valence-electron chi connectivity index (χ3n) is 7.70. The number of carbonyl (C=O) groups is 4. The molecule has 0 fully saturated rings. The fourth-order valence-corrected chi connectivity index (χ4v) is 5.19. The molecule has 0 spiro atoms. The van der Waals surface area contributed by atoms with Gasteiger partial charge in [0.05, 0.1) is 12.6 Å². The van der Waals surface area contributed by atoms with Crippen molar-refractivity contribution in [3.63, 3.8) is 0 Å². The summed E-state index contributed by atoms with van der Waals surface area (Å²) in [7, 11) is 3.10. The van der Waals surface area contributed by atoms with E-state index in [0.717, 1.165) is 5.56 Å². The summed E-state index contributed by atoms with van der Waals surface area (Å²) in [5.41, 5.74) is 2.44. The van der Waals surface area contributed by atoms with Crippen LogP contribution < -0.4 is 25.9 Å². The molecule has 2 bridgehead atoms. The van der Waals surface area contributed by atoms with Crippen LogP contribution in [0.4, 0.5) is 0 Å². The second-order valence-corrected chi connectivity index (χ2v) is 11.1. The van der Waals surface area contributed by atoms with Crippen molar-refractivity contribution in [2.75, 3.05) is 46.9 Å². The van der Waals surface area contributed by atoms with E-state index >= 15 is 0 Å². The van der Waals surface area contributed by atoms with Crippen molar-refractivity contribution < 1.29 is 33.1 Å². The maximum Gasteiger partial charge on any atom is 0.419 e. The second kappa shape index (κ2) is 15.3. The SMILES string of the molecule is COc1cc2ccc1OCC(=O)N[C@@H](C)C(=O)N(C)CCCCN(C(=O)CCn1c(=O)oc3ccc(C)cc31)CCCNC2=O. The van der Waals surface area contributed by atoms with E-state index in [1.807, 2.05) is 19.1 Å². The number of oxazole rings is 1. The third-order valence-corrected chi connectivity index (χ3v) is 7.70. The number of ether oxygens (including phenoxy) is 2. The molecule has 0 saturated carbocycles. The second-order valence-electron chi connectivity index (χ2n) is 11.1. The van der Waals surface area contributed by atoms with E-state index in [1.165, 1.54) is 17.7 Å². The summed E-state index contributed by atoms with van der Waals surface area (Å²) in [6.07, 6.45) is 1.86. The predicted octanol–water partition coefficient (Wildman–Crippen LogP) is 2.09. The summed E-state index contributed by atoms with van der Waals surface area (Å²) in [4.78, 5) is 67.3. The van der Waals surface area contributed by atoms with Gasteiger partial charge in [-0.2, -0.15) is 0 Å². The number of nitrogens with zero attached hydrogens (tertiary/aromatic N) is 3. The molecule has 0 aliphatic carbocycles. The van der Waals surface area contributed by atoms with Crippen molar-refractivity contribution in [2.24, 2.45) is 0 Å². The van der Waals surface area contributed by atoms with Crippen LogP contribution in [0, 0.1) is 6.92 Å². The van der Waals surface area contributed by atoms with Crippen LogP contribution in [0.25, 0.3) is 11.1 Å². The van der Waals surface area contributed by atoms with Gasteiger partial charge in [0.2, 0.25) is 11.8 Å². The molecule has 4 amide bonds. The van der Waals surface area contributed by atoms with Gasteiger partial charge < -0.3 is 34.3 Å². The quantitative estimate of drug-likeness (QED) is 0.419. The first-order valence-corrected chi connectivity index (χ1v) is 15.1. The van der Waals surface area contributed by atoms with Gasteiger partial charge >= 0.3 is 5.76 Å². The lowest BCUT2D eigenvalue weighted by Crippen LogP contribution is -2.47. The highest BCUT2D eigenvalue weighted by Gasteiger charge is 2.21. The summed E-state index contributed by atoms with van der Waals surface area (Å²) in [6, 6.07) is 9.32. The van der Waals surface area contributed by atoms with Crippen LogP contribution in [0.3, 0.4) is 0 Å². The largest absolute Gasteiger partial charge is 0.493 e. The molecule has 242 valence electrons. The van der Waals surface area contributed by atoms with E-state index in [9.17, 15) is 24.0 Å². The summed E-state index contributed by atoms with van der Waals surface area (Å²) in [5, 5.41) is 5.52. The van der Waals surface area contributed by atoms with Crippen LogP contribution in [0.15, 0.2) is 45.6 Å². The molecule has 13 heteroatoms. The summed E-state index contributed by atoms with van der Waals surface area (Å²) in [5.74, 6) is -1.13. The first kappa shape index (κ1) is 33.1. The first-order valence-electron chi connectivity index (χ1n) is 15.1. The van der Waals surface area contributed by atoms with E-state index in [2.05, 4.69) is 10.6 Å². The lowest BCUT2D eigenvalue weighted by atomic mass is 10.2. The van der Waals surface area contributed by atoms with Crippen molar-refractivity contribution in [3.05, 3.63) is 58.1 Å². The number of rotatable bonds is 4. The van der Waals surface area contributed by atoms with Crippen LogP contribution in [0.5, 0.6) is 11.5 Å². The number of aromatic nitrogens is 1.